The highest BCUT2D eigenvalue weighted by Gasteiger charge is 2.28. The Bertz CT molecular complexity index is 490. The molecule has 1 aromatic carbocycles. The van der Waals surface area contributed by atoms with Crippen LogP contribution < -0.4 is 9.92 Å². The molecule has 2 nitrogen and oxygen atoms in total. The second-order valence-corrected chi connectivity index (χ2v) is 12.3. The lowest BCUT2D eigenvalue weighted by Crippen LogP contribution is -2.41. The molecular weight excluding hydrogens is 288 g/mol. The van der Waals surface area contributed by atoms with Crippen LogP contribution in [-0.4, -0.2) is 20.3 Å². The smallest absolute Gasteiger partial charge is 0.125 e. The molecule has 0 heterocycles. The van der Waals surface area contributed by atoms with Crippen molar-refractivity contribution in [3.8, 4) is 11.5 Å². The third-order valence-electron chi connectivity index (χ3n) is 5.29. The van der Waals surface area contributed by atoms with Gasteiger partial charge in [0.05, 0.1) is 15.2 Å². The monoisotopic (exact) mass is 320 g/mol. The molecule has 0 radical (unpaired) electrons. The minimum Gasteiger partial charge on any atom is -0.508 e. The average molecular weight is 321 g/mol. The Morgan fingerprint density at radius 2 is 1.86 bits per heavy atom. The molecule has 2 rings (SSSR count). The maximum absolute atomic E-state index is 10.7. The highest BCUT2D eigenvalue weighted by Crippen LogP contribution is 2.42. The summed E-state index contributed by atoms with van der Waals surface area (Å²) in [6, 6.07) is 5.55. The van der Waals surface area contributed by atoms with Gasteiger partial charge in [-0.15, -0.1) is 0 Å². The first-order chi connectivity index (χ1) is 10.5. The van der Waals surface area contributed by atoms with E-state index in [1.165, 1.54) is 56.2 Å². The number of rotatable bonds is 6. The van der Waals surface area contributed by atoms with Gasteiger partial charge in [-0.3, -0.25) is 0 Å². The van der Waals surface area contributed by atoms with Gasteiger partial charge in [-0.05, 0) is 30.9 Å². The van der Waals surface area contributed by atoms with E-state index in [0.717, 1.165) is 11.3 Å². The van der Waals surface area contributed by atoms with Crippen molar-refractivity contribution in [3.63, 3.8) is 0 Å². The number of ether oxygens (including phenoxy) is 1. The molecular formula is C19H32O2Si. The predicted octanol–water partition coefficient (Wildman–Crippen LogP) is 5.16. The van der Waals surface area contributed by atoms with Crippen molar-refractivity contribution in [1.82, 2.24) is 0 Å². The van der Waals surface area contributed by atoms with Crippen molar-refractivity contribution < 1.29 is 9.84 Å². The van der Waals surface area contributed by atoms with Gasteiger partial charge < -0.3 is 9.84 Å². The Morgan fingerprint density at radius 1 is 1.18 bits per heavy atom. The van der Waals surface area contributed by atoms with Gasteiger partial charge in [0.2, 0.25) is 0 Å². The van der Waals surface area contributed by atoms with Crippen molar-refractivity contribution >= 4 is 13.3 Å². The van der Waals surface area contributed by atoms with E-state index in [1.807, 2.05) is 6.07 Å². The summed E-state index contributed by atoms with van der Waals surface area (Å²) in [6.45, 7) is 7.04. The molecule has 3 heteroatoms. The summed E-state index contributed by atoms with van der Waals surface area (Å²) in [4.78, 5) is 0. The van der Waals surface area contributed by atoms with E-state index in [2.05, 4.69) is 26.1 Å². The van der Waals surface area contributed by atoms with Gasteiger partial charge in [-0.2, -0.15) is 0 Å². The first-order valence-electron chi connectivity index (χ1n) is 8.91. The molecule has 1 fully saturated rings. The molecule has 0 atom stereocenters. The van der Waals surface area contributed by atoms with Gasteiger partial charge in [0.15, 0.2) is 0 Å². The third kappa shape index (κ3) is 3.86. The lowest BCUT2D eigenvalue weighted by molar-refractivity contribution is 0.371. The first kappa shape index (κ1) is 17.4. The molecule has 1 aromatic rings. The Kier molecular flexibility index (Phi) is 5.96. The summed E-state index contributed by atoms with van der Waals surface area (Å²) in [7, 11) is 0.250. The van der Waals surface area contributed by atoms with Crippen LogP contribution in [-0.2, 0) is 0 Å². The van der Waals surface area contributed by atoms with Crippen molar-refractivity contribution in [3.05, 3.63) is 17.7 Å². The van der Waals surface area contributed by atoms with Crippen LogP contribution in [0.15, 0.2) is 12.1 Å². The van der Waals surface area contributed by atoms with E-state index in [9.17, 15) is 5.11 Å². The Balaban J connectivity index is 2.34. The van der Waals surface area contributed by atoms with Gasteiger partial charge in [-0.25, -0.2) is 0 Å². The minimum absolute atomic E-state index is 0.471. The van der Waals surface area contributed by atoms with E-state index in [0.29, 0.717) is 11.7 Å². The molecule has 0 unspecified atom stereocenters. The van der Waals surface area contributed by atoms with Crippen LogP contribution in [0.1, 0.15) is 63.4 Å². The Morgan fingerprint density at radius 3 is 2.45 bits per heavy atom. The number of methoxy groups -OCH3 is 1. The van der Waals surface area contributed by atoms with Gasteiger partial charge in [0, 0.05) is 5.56 Å². The molecule has 124 valence electrons. The van der Waals surface area contributed by atoms with Crippen LogP contribution in [0.25, 0.3) is 0 Å². The zero-order valence-electron chi connectivity index (χ0n) is 14.7. The largest absolute Gasteiger partial charge is 0.508 e. The predicted molar refractivity (Wildman–Crippen MR) is 97.3 cm³/mol. The van der Waals surface area contributed by atoms with Crippen LogP contribution in [0, 0.1) is 0 Å². The van der Waals surface area contributed by atoms with Crippen LogP contribution in [0.2, 0.25) is 19.1 Å². The molecule has 22 heavy (non-hydrogen) atoms. The second kappa shape index (κ2) is 7.54. The molecule has 0 aromatic heterocycles. The fourth-order valence-corrected chi connectivity index (χ4v) is 6.31. The van der Waals surface area contributed by atoms with Gasteiger partial charge >= 0.3 is 0 Å². The summed E-state index contributed by atoms with van der Waals surface area (Å²) >= 11 is 0. The fourth-order valence-electron chi connectivity index (χ4n) is 3.74. The number of phenolic OH excluding ortho intramolecular Hbond substituents is 1. The number of hydrogen-bond donors (Lipinski definition) is 1. The number of unbranched alkanes of at least 4 members (excludes halogenated alkanes) is 1. The normalized spacial score (nSPS) is 16.7. The van der Waals surface area contributed by atoms with Crippen LogP contribution in [0.4, 0.5) is 0 Å². The van der Waals surface area contributed by atoms with Crippen LogP contribution in [0.3, 0.4) is 0 Å². The molecule has 1 aliphatic rings. The minimum atomic E-state index is -1.49. The van der Waals surface area contributed by atoms with Crippen molar-refractivity contribution in [2.45, 2.75) is 76.9 Å². The standard InChI is InChI=1S/C19H32O2Si/c1-5-6-12-22(3,4)16-13-17(20)19(18(14-16)21-2)15-10-8-7-9-11-15/h13-15,20H,5-12H2,1-4H3. The zero-order chi connectivity index (χ0) is 16.2. The van der Waals surface area contributed by atoms with Crippen molar-refractivity contribution in [2.75, 3.05) is 7.11 Å². The molecule has 0 aliphatic heterocycles. The summed E-state index contributed by atoms with van der Waals surface area (Å²) in [5.74, 6) is 1.86. The fraction of sp³-hybridized carbons (Fsp3) is 0.684. The molecule has 0 spiro atoms. The average Bonchev–Trinajstić information content (AvgIpc) is 2.53. The number of benzene rings is 1. The SMILES string of the molecule is CCCC[Si](C)(C)c1cc(O)c(C2CCCCC2)c(OC)c1. The zero-order valence-corrected chi connectivity index (χ0v) is 15.7. The maximum atomic E-state index is 10.7. The van der Waals surface area contributed by atoms with E-state index < -0.39 is 8.07 Å². The van der Waals surface area contributed by atoms with Crippen molar-refractivity contribution in [2.24, 2.45) is 0 Å². The van der Waals surface area contributed by atoms with Gasteiger partial charge in [0.1, 0.15) is 11.5 Å². The number of phenols is 1. The summed E-state index contributed by atoms with van der Waals surface area (Å²) in [5.41, 5.74) is 1.06. The Hall–Kier alpha value is -0.963. The molecule has 0 bridgehead atoms. The Labute approximate surface area is 136 Å². The quantitative estimate of drug-likeness (QED) is 0.733. The lowest BCUT2D eigenvalue weighted by Gasteiger charge is -2.28. The van der Waals surface area contributed by atoms with E-state index in [-0.39, 0.29) is 0 Å². The van der Waals surface area contributed by atoms with Crippen molar-refractivity contribution in [1.29, 1.82) is 0 Å². The number of aromatic hydroxyl groups is 1. The van der Waals surface area contributed by atoms with E-state index in [1.54, 1.807) is 7.11 Å². The van der Waals surface area contributed by atoms with Gasteiger partial charge in [-0.1, -0.05) is 63.4 Å². The maximum Gasteiger partial charge on any atom is 0.125 e. The summed E-state index contributed by atoms with van der Waals surface area (Å²) in [6.07, 6.45) is 8.73. The molecule has 1 N–H and O–H groups in total. The van der Waals surface area contributed by atoms with Crippen LogP contribution in [0.5, 0.6) is 11.5 Å². The van der Waals surface area contributed by atoms with E-state index >= 15 is 0 Å². The van der Waals surface area contributed by atoms with E-state index in [4.69, 9.17) is 4.74 Å². The lowest BCUT2D eigenvalue weighted by atomic mass is 9.83. The molecule has 1 saturated carbocycles. The topological polar surface area (TPSA) is 29.5 Å². The van der Waals surface area contributed by atoms with Gasteiger partial charge in [0.25, 0.3) is 0 Å². The summed E-state index contributed by atoms with van der Waals surface area (Å²) < 4.78 is 5.68. The highest BCUT2D eigenvalue weighted by molar-refractivity contribution is 6.89. The highest BCUT2D eigenvalue weighted by atomic mass is 28.3. The second-order valence-electron chi connectivity index (χ2n) is 7.43. The summed E-state index contributed by atoms with van der Waals surface area (Å²) in [5, 5.41) is 12.0. The third-order valence-corrected chi connectivity index (χ3v) is 8.75. The first-order valence-corrected chi connectivity index (χ1v) is 12.1. The molecule has 1 aliphatic carbocycles. The molecule has 0 amide bonds. The van der Waals surface area contributed by atoms with Crippen LogP contribution >= 0.6 is 0 Å². The molecule has 0 saturated heterocycles. The number of hydrogen-bond acceptors (Lipinski definition) is 2.